The number of aromatic nitrogens is 1. The van der Waals surface area contributed by atoms with E-state index in [0.29, 0.717) is 11.5 Å². The average molecular weight is 328 g/mol. The number of hydrogen-bond acceptors (Lipinski definition) is 6. The van der Waals surface area contributed by atoms with Gasteiger partial charge in [-0.05, 0) is 38.1 Å². The van der Waals surface area contributed by atoms with Crippen molar-refractivity contribution in [2.45, 2.75) is 20.0 Å². The van der Waals surface area contributed by atoms with Crippen LogP contribution in [-0.4, -0.2) is 28.6 Å². The second-order valence-corrected chi connectivity index (χ2v) is 5.22. The first-order chi connectivity index (χ1) is 11.5. The average Bonchev–Trinajstić information content (AvgIpc) is 3.06. The molecule has 0 bridgehead atoms. The van der Waals surface area contributed by atoms with Crippen molar-refractivity contribution >= 4 is 11.9 Å². The second-order valence-electron chi connectivity index (χ2n) is 5.22. The minimum absolute atomic E-state index is 0.0342. The van der Waals surface area contributed by atoms with Crippen LogP contribution < -0.4 is 5.32 Å². The van der Waals surface area contributed by atoms with Gasteiger partial charge in [0.15, 0.2) is 5.76 Å². The molecule has 0 saturated carbocycles. The van der Waals surface area contributed by atoms with Crippen LogP contribution in [0, 0.1) is 0 Å². The van der Waals surface area contributed by atoms with E-state index in [4.69, 9.17) is 9.15 Å². The van der Waals surface area contributed by atoms with E-state index in [0.717, 1.165) is 0 Å². The molecule has 24 heavy (non-hydrogen) atoms. The third-order valence-electron chi connectivity index (χ3n) is 3.68. The van der Waals surface area contributed by atoms with Gasteiger partial charge in [0.05, 0.1) is 29.7 Å². The highest BCUT2D eigenvalue weighted by atomic mass is 16.5. The molecule has 2 N–H and O–H groups in total. The van der Waals surface area contributed by atoms with Crippen molar-refractivity contribution in [3.8, 4) is 11.5 Å². The van der Waals surface area contributed by atoms with E-state index >= 15 is 0 Å². The molecule has 1 unspecified atom stereocenters. The van der Waals surface area contributed by atoms with Gasteiger partial charge in [0.2, 0.25) is 0 Å². The number of rotatable bonds is 3. The molecule has 0 aromatic carbocycles. The molecule has 1 atom stereocenters. The lowest BCUT2D eigenvalue weighted by atomic mass is 10.0. The summed E-state index contributed by atoms with van der Waals surface area (Å²) in [4.78, 5) is 28.8. The van der Waals surface area contributed by atoms with Crippen LogP contribution in [-0.2, 0) is 9.53 Å². The normalized spacial score (nSPS) is 17.1. The Morgan fingerprint density at radius 1 is 1.42 bits per heavy atom. The van der Waals surface area contributed by atoms with Crippen LogP contribution in [0.2, 0.25) is 0 Å². The molecule has 3 rings (SSSR count). The third kappa shape index (κ3) is 2.69. The van der Waals surface area contributed by atoms with Crippen molar-refractivity contribution in [3.05, 3.63) is 53.1 Å². The first-order valence-electron chi connectivity index (χ1n) is 7.45. The highest BCUT2D eigenvalue weighted by Crippen LogP contribution is 2.31. The fourth-order valence-corrected chi connectivity index (χ4v) is 2.56. The van der Waals surface area contributed by atoms with Crippen LogP contribution in [0.25, 0.3) is 11.5 Å². The topological polar surface area (TPSA) is 102 Å². The summed E-state index contributed by atoms with van der Waals surface area (Å²) in [5.74, 6) is -0.645. The second kappa shape index (κ2) is 6.29. The van der Waals surface area contributed by atoms with Gasteiger partial charge in [-0.1, -0.05) is 0 Å². The number of carbonyl (C=O) groups is 2. The number of allylic oxidation sites excluding steroid dienone is 1. The van der Waals surface area contributed by atoms with Crippen molar-refractivity contribution in [2.24, 2.45) is 0 Å². The number of nitrogens with zero attached hydrogens (tertiary/aromatic N) is 1. The smallest absolute Gasteiger partial charge is 0.338 e. The van der Waals surface area contributed by atoms with E-state index in [2.05, 4.69) is 10.3 Å². The summed E-state index contributed by atoms with van der Waals surface area (Å²) in [6.07, 6.45) is 0.118. The summed E-state index contributed by atoms with van der Waals surface area (Å²) in [5.41, 5.74) is 0.933. The maximum atomic E-state index is 12.3. The maximum absolute atomic E-state index is 12.3. The molecule has 0 spiro atoms. The van der Waals surface area contributed by atoms with Crippen molar-refractivity contribution in [2.75, 3.05) is 6.61 Å². The Bertz CT molecular complexity index is 824. The number of ether oxygens (including phenoxy) is 1. The number of aliphatic hydroxyl groups excluding tert-OH is 1. The SMILES string of the molecule is CCOC(=O)C1=C(C)NC(=O)c2ccc(-c3ccco3)nc2C1O. The van der Waals surface area contributed by atoms with E-state index in [-0.39, 0.29) is 29.1 Å². The number of hydrogen-bond donors (Lipinski definition) is 2. The Labute approximate surface area is 138 Å². The van der Waals surface area contributed by atoms with Gasteiger partial charge < -0.3 is 19.6 Å². The monoisotopic (exact) mass is 328 g/mol. The van der Waals surface area contributed by atoms with Crippen LogP contribution >= 0.6 is 0 Å². The van der Waals surface area contributed by atoms with Crippen molar-refractivity contribution in [1.29, 1.82) is 0 Å². The Kier molecular flexibility index (Phi) is 4.18. The number of carbonyl (C=O) groups excluding carboxylic acids is 2. The molecule has 0 saturated heterocycles. The summed E-state index contributed by atoms with van der Waals surface area (Å²) in [6.45, 7) is 3.35. The molecular formula is C17H16N2O5. The first-order valence-corrected chi connectivity index (χ1v) is 7.45. The number of aliphatic hydroxyl groups is 1. The summed E-state index contributed by atoms with van der Waals surface area (Å²) < 4.78 is 10.3. The molecule has 1 aliphatic heterocycles. The lowest BCUT2D eigenvalue weighted by molar-refractivity contribution is -0.139. The number of esters is 1. The van der Waals surface area contributed by atoms with Gasteiger partial charge in [-0.3, -0.25) is 4.79 Å². The summed E-state index contributed by atoms with van der Waals surface area (Å²) in [7, 11) is 0. The number of fused-ring (bicyclic) bond motifs is 1. The highest BCUT2D eigenvalue weighted by molar-refractivity contribution is 6.01. The molecule has 1 aliphatic rings. The largest absolute Gasteiger partial charge is 0.463 e. The Balaban J connectivity index is 2.12. The van der Waals surface area contributed by atoms with Gasteiger partial charge in [0.1, 0.15) is 11.8 Å². The van der Waals surface area contributed by atoms with Gasteiger partial charge in [-0.15, -0.1) is 0 Å². The summed E-state index contributed by atoms with van der Waals surface area (Å²) >= 11 is 0. The predicted octanol–water partition coefficient (Wildman–Crippen LogP) is 1.96. The van der Waals surface area contributed by atoms with Crippen molar-refractivity contribution in [1.82, 2.24) is 10.3 Å². The van der Waals surface area contributed by atoms with Crippen molar-refractivity contribution < 1.29 is 23.8 Å². The first kappa shape index (κ1) is 15.9. The Morgan fingerprint density at radius 3 is 2.88 bits per heavy atom. The van der Waals surface area contributed by atoms with Crippen molar-refractivity contribution in [3.63, 3.8) is 0 Å². The minimum Gasteiger partial charge on any atom is -0.463 e. The van der Waals surface area contributed by atoms with Gasteiger partial charge in [-0.25, -0.2) is 9.78 Å². The number of nitrogens with one attached hydrogen (secondary N) is 1. The fraction of sp³-hybridized carbons (Fsp3) is 0.235. The van der Waals surface area contributed by atoms with Crippen LogP contribution in [0.4, 0.5) is 0 Å². The zero-order valence-electron chi connectivity index (χ0n) is 13.2. The summed E-state index contributed by atoms with van der Waals surface area (Å²) in [5, 5.41) is 13.3. The van der Waals surface area contributed by atoms with E-state index in [1.165, 1.54) is 13.2 Å². The molecule has 3 heterocycles. The molecule has 7 heteroatoms. The standard InChI is InChI=1S/C17H16N2O5/c1-3-23-17(22)13-9(2)18-16(21)10-6-7-11(12-5-4-8-24-12)19-14(10)15(13)20/h4-8,15,20H,3H2,1-2H3,(H,18,21). The number of furan rings is 1. The lowest BCUT2D eigenvalue weighted by Crippen LogP contribution is -2.23. The zero-order chi connectivity index (χ0) is 17.3. The van der Waals surface area contributed by atoms with Crippen LogP contribution in [0.15, 0.2) is 46.2 Å². The fourth-order valence-electron chi connectivity index (χ4n) is 2.56. The quantitative estimate of drug-likeness (QED) is 0.835. The molecule has 0 fully saturated rings. The van der Waals surface area contributed by atoms with E-state index < -0.39 is 18.0 Å². The van der Waals surface area contributed by atoms with E-state index in [1.54, 1.807) is 31.2 Å². The molecular weight excluding hydrogens is 312 g/mol. The third-order valence-corrected chi connectivity index (χ3v) is 3.68. The van der Waals surface area contributed by atoms with Gasteiger partial charge >= 0.3 is 5.97 Å². The predicted molar refractivity (Wildman–Crippen MR) is 83.7 cm³/mol. The number of pyridine rings is 1. The molecule has 0 radical (unpaired) electrons. The number of amides is 1. The lowest BCUT2D eigenvalue weighted by Gasteiger charge is -2.15. The molecule has 7 nitrogen and oxygen atoms in total. The Hall–Kier alpha value is -2.93. The minimum atomic E-state index is -1.38. The van der Waals surface area contributed by atoms with Gasteiger partial charge in [-0.2, -0.15) is 0 Å². The van der Waals surface area contributed by atoms with Crippen LogP contribution in [0.5, 0.6) is 0 Å². The van der Waals surface area contributed by atoms with E-state index in [1.807, 2.05) is 0 Å². The molecule has 2 aromatic rings. The summed E-state index contributed by atoms with van der Waals surface area (Å²) in [6, 6.07) is 6.58. The molecule has 2 aromatic heterocycles. The van der Waals surface area contributed by atoms with E-state index in [9.17, 15) is 14.7 Å². The maximum Gasteiger partial charge on any atom is 0.338 e. The highest BCUT2D eigenvalue weighted by Gasteiger charge is 2.33. The molecule has 124 valence electrons. The molecule has 1 amide bonds. The van der Waals surface area contributed by atoms with Gasteiger partial charge in [0.25, 0.3) is 5.91 Å². The van der Waals surface area contributed by atoms with Crippen LogP contribution in [0.3, 0.4) is 0 Å². The zero-order valence-corrected chi connectivity index (χ0v) is 13.2. The Morgan fingerprint density at radius 2 is 2.21 bits per heavy atom. The van der Waals surface area contributed by atoms with Crippen LogP contribution in [0.1, 0.15) is 36.0 Å². The molecule has 0 aliphatic carbocycles. The van der Waals surface area contributed by atoms with Gasteiger partial charge in [0, 0.05) is 5.70 Å².